The summed E-state index contributed by atoms with van der Waals surface area (Å²) in [4.78, 5) is 6.57. The van der Waals surface area contributed by atoms with E-state index in [0.29, 0.717) is 11.6 Å². The van der Waals surface area contributed by atoms with Crippen molar-refractivity contribution in [2.24, 2.45) is 0 Å². The summed E-state index contributed by atoms with van der Waals surface area (Å²) in [5.41, 5.74) is 5.74. The Labute approximate surface area is 108 Å². The number of nitrogens with two attached hydrogens (primary N) is 1. The Morgan fingerprint density at radius 3 is 2.89 bits per heavy atom. The summed E-state index contributed by atoms with van der Waals surface area (Å²) in [6.45, 7) is 3.59. The van der Waals surface area contributed by atoms with E-state index < -0.39 is 5.60 Å². The molecule has 5 nitrogen and oxygen atoms in total. The first-order valence-electron chi connectivity index (χ1n) is 6.30. The van der Waals surface area contributed by atoms with Gasteiger partial charge in [0.15, 0.2) is 0 Å². The van der Waals surface area contributed by atoms with E-state index in [1.165, 1.54) is 0 Å². The van der Waals surface area contributed by atoms with Gasteiger partial charge in [-0.05, 0) is 38.3 Å². The van der Waals surface area contributed by atoms with Crippen molar-refractivity contribution < 1.29 is 9.84 Å². The van der Waals surface area contributed by atoms with Gasteiger partial charge in [-0.3, -0.25) is 0 Å². The summed E-state index contributed by atoms with van der Waals surface area (Å²) in [6, 6.07) is 3.71. The summed E-state index contributed by atoms with van der Waals surface area (Å²) in [6.07, 6.45) is 2.54. The van der Waals surface area contributed by atoms with Crippen molar-refractivity contribution in [3.05, 3.63) is 12.1 Å². The second-order valence-electron chi connectivity index (χ2n) is 5.11. The van der Waals surface area contributed by atoms with Gasteiger partial charge >= 0.3 is 0 Å². The molecule has 1 aliphatic heterocycles. The number of aromatic nitrogens is 1. The Balaban J connectivity index is 2.16. The van der Waals surface area contributed by atoms with Crippen LogP contribution in [0.2, 0.25) is 0 Å². The van der Waals surface area contributed by atoms with E-state index in [9.17, 15) is 5.11 Å². The fourth-order valence-electron chi connectivity index (χ4n) is 2.27. The molecule has 0 spiro atoms. The number of nitrogen functional groups attached to an aromatic ring is 1. The SMILES string of the molecule is COc1nc(N2CCCC(C)(O)CC2)ccc1N. The van der Waals surface area contributed by atoms with Crippen LogP contribution in [-0.2, 0) is 0 Å². The topological polar surface area (TPSA) is 71.6 Å². The first-order chi connectivity index (χ1) is 8.52. The minimum absolute atomic E-state index is 0.462. The Morgan fingerprint density at radius 2 is 2.17 bits per heavy atom. The van der Waals surface area contributed by atoms with Gasteiger partial charge in [0, 0.05) is 13.1 Å². The molecule has 1 unspecified atom stereocenters. The number of aliphatic hydroxyl groups is 1. The molecule has 2 rings (SSSR count). The van der Waals surface area contributed by atoms with E-state index >= 15 is 0 Å². The number of pyridine rings is 1. The lowest BCUT2D eigenvalue weighted by Gasteiger charge is -2.23. The third-order valence-electron chi connectivity index (χ3n) is 3.46. The molecule has 0 radical (unpaired) electrons. The van der Waals surface area contributed by atoms with Crippen LogP contribution in [0, 0.1) is 0 Å². The molecule has 1 fully saturated rings. The molecule has 1 aliphatic rings. The Morgan fingerprint density at radius 1 is 1.39 bits per heavy atom. The predicted molar refractivity (Wildman–Crippen MR) is 71.9 cm³/mol. The van der Waals surface area contributed by atoms with Crippen LogP contribution < -0.4 is 15.4 Å². The van der Waals surface area contributed by atoms with E-state index in [0.717, 1.165) is 38.2 Å². The van der Waals surface area contributed by atoms with Crippen molar-refractivity contribution >= 4 is 11.5 Å². The minimum Gasteiger partial charge on any atom is -0.479 e. The number of ether oxygens (including phenoxy) is 1. The van der Waals surface area contributed by atoms with Crippen LogP contribution in [0.25, 0.3) is 0 Å². The molecule has 1 aromatic heterocycles. The molecule has 2 heterocycles. The van der Waals surface area contributed by atoms with Gasteiger partial charge in [-0.1, -0.05) is 0 Å². The molecule has 0 aliphatic carbocycles. The average Bonchev–Trinajstić information content (AvgIpc) is 2.51. The smallest absolute Gasteiger partial charge is 0.238 e. The quantitative estimate of drug-likeness (QED) is 0.831. The zero-order valence-corrected chi connectivity index (χ0v) is 11.0. The highest BCUT2D eigenvalue weighted by atomic mass is 16.5. The van der Waals surface area contributed by atoms with Gasteiger partial charge in [0.2, 0.25) is 5.88 Å². The summed E-state index contributed by atoms with van der Waals surface area (Å²) < 4.78 is 5.14. The monoisotopic (exact) mass is 251 g/mol. The zero-order chi connectivity index (χ0) is 13.2. The van der Waals surface area contributed by atoms with E-state index in [2.05, 4.69) is 9.88 Å². The molecule has 18 heavy (non-hydrogen) atoms. The fraction of sp³-hybridized carbons (Fsp3) is 0.615. The molecule has 0 saturated carbocycles. The Bertz CT molecular complexity index is 421. The number of anilines is 2. The maximum Gasteiger partial charge on any atom is 0.238 e. The van der Waals surface area contributed by atoms with Crippen LogP contribution in [0.4, 0.5) is 11.5 Å². The molecule has 0 amide bonds. The van der Waals surface area contributed by atoms with Gasteiger partial charge in [0.1, 0.15) is 5.82 Å². The Hall–Kier alpha value is -1.49. The van der Waals surface area contributed by atoms with Crippen LogP contribution in [0.5, 0.6) is 5.88 Å². The van der Waals surface area contributed by atoms with Crippen molar-refractivity contribution in [3.8, 4) is 5.88 Å². The molecule has 0 bridgehead atoms. The first-order valence-corrected chi connectivity index (χ1v) is 6.30. The number of nitrogens with zero attached hydrogens (tertiary/aromatic N) is 2. The zero-order valence-electron chi connectivity index (χ0n) is 11.0. The Kier molecular flexibility index (Phi) is 3.61. The summed E-state index contributed by atoms with van der Waals surface area (Å²) in [5, 5.41) is 10.1. The van der Waals surface area contributed by atoms with Crippen LogP contribution in [0.15, 0.2) is 12.1 Å². The summed E-state index contributed by atoms with van der Waals surface area (Å²) in [5.74, 6) is 1.32. The molecule has 5 heteroatoms. The highest BCUT2D eigenvalue weighted by Crippen LogP contribution is 2.27. The van der Waals surface area contributed by atoms with Gasteiger partial charge in [0.05, 0.1) is 18.4 Å². The minimum atomic E-state index is -0.563. The van der Waals surface area contributed by atoms with Crippen LogP contribution in [0.1, 0.15) is 26.2 Å². The molecular weight excluding hydrogens is 230 g/mol. The lowest BCUT2D eigenvalue weighted by Crippen LogP contribution is -2.28. The lowest BCUT2D eigenvalue weighted by atomic mass is 9.98. The number of methoxy groups -OCH3 is 1. The fourth-order valence-corrected chi connectivity index (χ4v) is 2.27. The maximum absolute atomic E-state index is 10.1. The normalized spacial score (nSPS) is 24.7. The molecule has 100 valence electrons. The molecule has 1 saturated heterocycles. The standard InChI is InChI=1S/C13H21N3O2/c1-13(17)6-3-8-16(9-7-13)11-5-4-10(14)12(15-11)18-2/h4-5,17H,3,6-9,14H2,1-2H3. The molecule has 1 aromatic rings. The van der Waals surface area contributed by atoms with Crippen LogP contribution in [-0.4, -0.2) is 35.9 Å². The van der Waals surface area contributed by atoms with Crippen molar-refractivity contribution in [1.29, 1.82) is 0 Å². The average molecular weight is 251 g/mol. The molecule has 1 atom stereocenters. The van der Waals surface area contributed by atoms with E-state index in [1.54, 1.807) is 7.11 Å². The number of rotatable bonds is 2. The predicted octanol–water partition coefficient (Wildman–Crippen LogP) is 1.41. The van der Waals surface area contributed by atoms with Gasteiger partial charge in [-0.2, -0.15) is 4.98 Å². The van der Waals surface area contributed by atoms with Gasteiger partial charge in [-0.15, -0.1) is 0 Å². The summed E-state index contributed by atoms with van der Waals surface area (Å²) >= 11 is 0. The second-order valence-corrected chi connectivity index (χ2v) is 5.11. The number of hydrogen-bond acceptors (Lipinski definition) is 5. The van der Waals surface area contributed by atoms with Gasteiger partial charge in [0.25, 0.3) is 0 Å². The summed E-state index contributed by atoms with van der Waals surface area (Å²) in [7, 11) is 1.57. The maximum atomic E-state index is 10.1. The van der Waals surface area contributed by atoms with Crippen molar-refractivity contribution in [2.45, 2.75) is 31.8 Å². The molecule has 3 N–H and O–H groups in total. The van der Waals surface area contributed by atoms with E-state index in [-0.39, 0.29) is 0 Å². The van der Waals surface area contributed by atoms with Crippen LogP contribution >= 0.6 is 0 Å². The van der Waals surface area contributed by atoms with Crippen LogP contribution in [0.3, 0.4) is 0 Å². The molecular formula is C13H21N3O2. The first kappa shape index (κ1) is 13.0. The molecule has 0 aromatic carbocycles. The highest BCUT2D eigenvalue weighted by Gasteiger charge is 2.25. The van der Waals surface area contributed by atoms with Crippen molar-refractivity contribution in [1.82, 2.24) is 4.98 Å². The largest absolute Gasteiger partial charge is 0.479 e. The second kappa shape index (κ2) is 5.02. The lowest BCUT2D eigenvalue weighted by molar-refractivity contribution is 0.0481. The third kappa shape index (κ3) is 2.85. The van der Waals surface area contributed by atoms with E-state index in [4.69, 9.17) is 10.5 Å². The third-order valence-corrected chi connectivity index (χ3v) is 3.46. The van der Waals surface area contributed by atoms with Crippen molar-refractivity contribution in [3.63, 3.8) is 0 Å². The number of hydrogen-bond donors (Lipinski definition) is 2. The highest BCUT2D eigenvalue weighted by molar-refractivity contribution is 5.54. The van der Waals surface area contributed by atoms with Crippen molar-refractivity contribution in [2.75, 3.05) is 30.8 Å². The van der Waals surface area contributed by atoms with Gasteiger partial charge in [-0.25, -0.2) is 0 Å². The van der Waals surface area contributed by atoms with E-state index in [1.807, 2.05) is 19.1 Å². The van der Waals surface area contributed by atoms with Gasteiger partial charge < -0.3 is 20.5 Å².